The topological polar surface area (TPSA) is 61.0 Å². The van der Waals surface area contributed by atoms with Crippen molar-refractivity contribution in [3.05, 3.63) is 18.2 Å². The van der Waals surface area contributed by atoms with Gasteiger partial charge in [0.15, 0.2) is 0 Å². The molecule has 0 radical (unpaired) electrons. The lowest BCUT2D eigenvalue weighted by Gasteiger charge is -2.45. The number of carbonyl (C=O) groups is 1. The van der Waals surface area contributed by atoms with Crippen LogP contribution in [0.2, 0.25) is 0 Å². The van der Waals surface area contributed by atoms with Crippen LogP contribution in [0.3, 0.4) is 0 Å². The highest BCUT2D eigenvalue weighted by molar-refractivity contribution is 5.85. The molecule has 22 heavy (non-hydrogen) atoms. The van der Waals surface area contributed by atoms with E-state index in [1.165, 1.54) is 12.8 Å². The number of imidazole rings is 1. The number of aromatic amines is 1. The Bertz CT molecular complexity index is 446. The number of hydrogen-bond donors (Lipinski definition) is 2. The molecule has 0 aromatic carbocycles. The molecule has 2 saturated heterocycles. The number of hydrogen-bond acceptors (Lipinski definition) is 3. The standard InChI is InChI=1S/C15H24N4O.2ClH/c20-14-3-4-15(5-7-16-8-6-15)12-19(14)11-1-2-13-17-9-10-18-13;;/h9-10,16H,1-8,11-12H2,(H,17,18);2*1H. The summed E-state index contributed by atoms with van der Waals surface area (Å²) in [4.78, 5) is 21.5. The monoisotopic (exact) mass is 348 g/mol. The van der Waals surface area contributed by atoms with Gasteiger partial charge in [0.1, 0.15) is 5.82 Å². The molecular formula is C15H26Cl2N4O. The summed E-state index contributed by atoms with van der Waals surface area (Å²) in [7, 11) is 0. The maximum atomic E-state index is 12.1. The Kier molecular flexibility index (Phi) is 7.66. The molecule has 0 atom stereocenters. The Morgan fingerprint density at radius 3 is 2.68 bits per heavy atom. The minimum Gasteiger partial charge on any atom is -0.349 e. The van der Waals surface area contributed by atoms with Gasteiger partial charge in [-0.15, -0.1) is 24.8 Å². The van der Waals surface area contributed by atoms with Gasteiger partial charge in [0, 0.05) is 38.3 Å². The van der Waals surface area contributed by atoms with Crippen LogP contribution >= 0.6 is 24.8 Å². The fourth-order valence-corrected chi connectivity index (χ4v) is 3.54. The van der Waals surface area contributed by atoms with Gasteiger partial charge < -0.3 is 15.2 Å². The number of rotatable bonds is 4. The zero-order valence-corrected chi connectivity index (χ0v) is 14.5. The Balaban J connectivity index is 0.00000121. The van der Waals surface area contributed by atoms with Crippen molar-refractivity contribution in [3.63, 3.8) is 0 Å². The number of H-pyrrole nitrogens is 1. The van der Waals surface area contributed by atoms with E-state index >= 15 is 0 Å². The average Bonchev–Trinajstić information content (AvgIpc) is 2.97. The van der Waals surface area contributed by atoms with Crippen molar-refractivity contribution in [2.75, 3.05) is 26.2 Å². The molecule has 2 aliphatic heterocycles. The normalized spacial score (nSPS) is 20.4. The maximum absolute atomic E-state index is 12.1. The summed E-state index contributed by atoms with van der Waals surface area (Å²) in [5, 5.41) is 3.43. The van der Waals surface area contributed by atoms with Crippen LogP contribution in [0.25, 0.3) is 0 Å². The molecule has 1 amide bonds. The molecule has 5 nitrogen and oxygen atoms in total. The molecule has 0 bridgehead atoms. The Morgan fingerprint density at radius 1 is 1.23 bits per heavy atom. The van der Waals surface area contributed by atoms with Crippen LogP contribution in [0.1, 0.15) is 37.9 Å². The van der Waals surface area contributed by atoms with Crippen molar-refractivity contribution < 1.29 is 4.79 Å². The second-order valence-corrected chi connectivity index (χ2v) is 6.20. The molecule has 0 aliphatic carbocycles. The first-order valence-electron chi connectivity index (χ1n) is 7.74. The number of amides is 1. The van der Waals surface area contributed by atoms with Crippen molar-refractivity contribution in [1.29, 1.82) is 0 Å². The third-order valence-corrected chi connectivity index (χ3v) is 4.81. The third-order valence-electron chi connectivity index (χ3n) is 4.81. The highest BCUT2D eigenvalue weighted by atomic mass is 35.5. The van der Waals surface area contributed by atoms with E-state index in [1.54, 1.807) is 6.20 Å². The molecule has 2 aliphatic rings. The molecule has 2 N–H and O–H groups in total. The van der Waals surface area contributed by atoms with E-state index in [0.29, 0.717) is 11.3 Å². The van der Waals surface area contributed by atoms with E-state index in [4.69, 9.17) is 0 Å². The molecule has 0 saturated carbocycles. The van der Waals surface area contributed by atoms with E-state index < -0.39 is 0 Å². The Hall–Kier alpha value is -0.780. The Labute approximate surface area is 144 Å². The fraction of sp³-hybridized carbons (Fsp3) is 0.733. The van der Waals surface area contributed by atoms with Gasteiger partial charge in [-0.2, -0.15) is 0 Å². The molecule has 1 spiro atoms. The number of piperidine rings is 2. The summed E-state index contributed by atoms with van der Waals surface area (Å²) in [5.74, 6) is 1.36. The quantitative estimate of drug-likeness (QED) is 0.876. The van der Waals surface area contributed by atoms with E-state index in [1.807, 2.05) is 6.20 Å². The molecule has 0 unspecified atom stereocenters. The lowest BCUT2D eigenvalue weighted by atomic mass is 9.72. The molecule has 1 aromatic rings. The molecule has 3 rings (SSSR count). The lowest BCUT2D eigenvalue weighted by molar-refractivity contribution is -0.138. The minimum atomic E-state index is 0. The summed E-state index contributed by atoms with van der Waals surface area (Å²) in [6.07, 6.45) is 9.81. The van der Waals surface area contributed by atoms with Crippen LogP contribution in [0.4, 0.5) is 0 Å². The van der Waals surface area contributed by atoms with Crippen molar-refractivity contribution in [1.82, 2.24) is 20.2 Å². The van der Waals surface area contributed by atoms with Gasteiger partial charge in [-0.3, -0.25) is 4.79 Å². The van der Waals surface area contributed by atoms with Gasteiger partial charge in [-0.1, -0.05) is 0 Å². The summed E-state index contributed by atoms with van der Waals surface area (Å²) in [5.41, 5.74) is 0.393. The smallest absolute Gasteiger partial charge is 0.222 e. The zero-order chi connectivity index (χ0) is 13.8. The first-order chi connectivity index (χ1) is 9.77. The first kappa shape index (κ1) is 19.3. The summed E-state index contributed by atoms with van der Waals surface area (Å²) >= 11 is 0. The Morgan fingerprint density at radius 2 is 2.00 bits per heavy atom. The first-order valence-corrected chi connectivity index (χ1v) is 7.74. The summed E-state index contributed by atoms with van der Waals surface area (Å²) < 4.78 is 0. The number of aromatic nitrogens is 2. The van der Waals surface area contributed by atoms with Crippen LogP contribution in [0, 0.1) is 5.41 Å². The van der Waals surface area contributed by atoms with Crippen LogP contribution < -0.4 is 5.32 Å². The van der Waals surface area contributed by atoms with Crippen molar-refractivity contribution in [2.45, 2.75) is 38.5 Å². The lowest BCUT2D eigenvalue weighted by Crippen LogP contribution is -2.50. The van der Waals surface area contributed by atoms with Gasteiger partial charge in [0.25, 0.3) is 0 Å². The molecule has 2 fully saturated rings. The highest BCUT2D eigenvalue weighted by Crippen LogP contribution is 2.38. The molecule has 126 valence electrons. The van der Waals surface area contributed by atoms with Gasteiger partial charge in [0.05, 0.1) is 0 Å². The highest BCUT2D eigenvalue weighted by Gasteiger charge is 2.39. The minimum absolute atomic E-state index is 0. The average molecular weight is 349 g/mol. The summed E-state index contributed by atoms with van der Waals surface area (Å²) in [6, 6.07) is 0. The van der Waals surface area contributed by atoms with Crippen molar-refractivity contribution in [3.8, 4) is 0 Å². The number of nitrogens with zero attached hydrogens (tertiary/aromatic N) is 2. The van der Waals surface area contributed by atoms with Crippen LogP contribution in [-0.2, 0) is 11.2 Å². The van der Waals surface area contributed by atoms with Gasteiger partial charge >= 0.3 is 0 Å². The van der Waals surface area contributed by atoms with E-state index in [2.05, 4.69) is 20.2 Å². The van der Waals surface area contributed by atoms with E-state index in [-0.39, 0.29) is 24.8 Å². The molecular weight excluding hydrogens is 323 g/mol. The predicted octanol–water partition coefficient (Wildman–Crippen LogP) is 2.18. The van der Waals surface area contributed by atoms with Gasteiger partial charge in [0.2, 0.25) is 5.91 Å². The van der Waals surface area contributed by atoms with Crippen LogP contribution in [0.15, 0.2) is 12.4 Å². The molecule has 3 heterocycles. The second-order valence-electron chi connectivity index (χ2n) is 6.20. The summed E-state index contributed by atoms with van der Waals surface area (Å²) in [6.45, 7) is 4.04. The second kappa shape index (κ2) is 8.75. The third kappa shape index (κ3) is 4.61. The van der Waals surface area contributed by atoms with Crippen LogP contribution in [0.5, 0.6) is 0 Å². The van der Waals surface area contributed by atoms with E-state index in [0.717, 1.165) is 57.7 Å². The fourth-order valence-electron chi connectivity index (χ4n) is 3.54. The number of carbonyl (C=O) groups excluding carboxylic acids is 1. The predicted molar refractivity (Wildman–Crippen MR) is 91.8 cm³/mol. The van der Waals surface area contributed by atoms with E-state index in [9.17, 15) is 4.79 Å². The SMILES string of the molecule is Cl.Cl.O=C1CCC2(CCNCC2)CN1CCCc1ncc[nH]1. The number of aryl methyl sites for hydroxylation is 1. The maximum Gasteiger partial charge on any atom is 0.222 e. The van der Waals surface area contributed by atoms with Crippen molar-refractivity contribution >= 4 is 30.7 Å². The van der Waals surface area contributed by atoms with Crippen LogP contribution in [-0.4, -0.2) is 47.0 Å². The number of halogens is 2. The molecule has 1 aromatic heterocycles. The van der Waals surface area contributed by atoms with Gasteiger partial charge in [-0.25, -0.2) is 4.98 Å². The zero-order valence-electron chi connectivity index (χ0n) is 12.8. The number of likely N-dealkylation sites (tertiary alicyclic amines) is 1. The van der Waals surface area contributed by atoms with Gasteiger partial charge in [-0.05, 0) is 44.2 Å². The largest absolute Gasteiger partial charge is 0.349 e. The van der Waals surface area contributed by atoms with Crippen molar-refractivity contribution in [2.24, 2.45) is 5.41 Å². The molecule has 7 heteroatoms. The number of nitrogens with one attached hydrogen (secondary N) is 2.